The van der Waals surface area contributed by atoms with E-state index in [9.17, 15) is 30.2 Å². The van der Waals surface area contributed by atoms with E-state index in [4.69, 9.17) is 4.74 Å². The van der Waals surface area contributed by atoms with Gasteiger partial charge in [-0.15, -0.1) is 0 Å². The molecule has 0 aromatic heterocycles. The van der Waals surface area contributed by atoms with Gasteiger partial charge in [-0.25, -0.2) is 4.79 Å². The molecule has 2 aromatic rings. The van der Waals surface area contributed by atoms with Gasteiger partial charge in [-0.2, -0.15) is 0 Å². The maximum absolute atomic E-state index is 11.5. The molecule has 0 heterocycles. The number of carbonyl (C=O) groups is 1. The van der Waals surface area contributed by atoms with Crippen LogP contribution in [0.1, 0.15) is 11.1 Å². The van der Waals surface area contributed by atoms with Crippen molar-refractivity contribution in [1.29, 1.82) is 0 Å². The maximum Gasteiger partial charge on any atom is 0.336 e. The first-order valence-electron chi connectivity index (χ1n) is 6.63. The van der Waals surface area contributed by atoms with Crippen LogP contribution in [0.4, 0.5) is 5.69 Å². The van der Waals surface area contributed by atoms with Crippen molar-refractivity contribution in [2.45, 2.75) is 0 Å². The van der Waals surface area contributed by atoms with E-state index in [0.717, 1.165) is 6.07 Å². The lowest BCUT2D eigenvalue weighted by Crippen LogP contribution is -2.00. The lowest BCUT2D eigenvalue weighted by molar-refractivity contribution is -0.386. The number of rotatable bonds is 5. The Bertz CT molecular complexity index is 842. The van der Waals surface area contributed by atoms with E-state index in [1.54, 1.807) is 0 Å². The minimum absolute atomic E-state index is 0.117. The Kier molecular flexibility index (Phi) is 4.69. The van der Waals surface area contributed by atoms with Gasteiger partial charge in [0.1, 0.15) is 5.75 Å². The lowest BCUT2D eigenvalue weighted by atomic mass is 10.0. The van der Waals surface area contributed by atoms with Crippen molar-refractivity contribution >= 4 is 23.3 Å². The SMILES string of the molecule is COc1cc(/C=C(\C(=O)O)c2cccc(O)c2)cc([N+](=O)[O-])c1O. The van der Waals surface area contributed by atoms with Gasteiger partial charge in [0.25, 0.3) is 0 Å². The van der Waals surface area contributed by atoms with Gasteiger partial charge in [0.2, 0.25) is 5.75 Å². The highest BCUT2D eigenvalue weighted by molar-refractivity contribution is 6.20. The number of aliphatic carboxylic acids is 1. The molecule has 0 radical (unpaired) electrons. The predicted molar refractivity (Wildman–Crippen MR) is 84.9 cm³/mol. The molecular formula is C16H13NO7. The largest absolute Gasteiger partial charge is 0.508 e. The summed E-state index contributed by atoms with van der Waals surface area (Å²) in [5.74, 6) is -2.20. The molecule has 0 aliphatic heterocycles. The summed E-state index contributed by atoms with van der Waals surface area (Å²) in [7, 11) is 1.22. The summed E-state index contributed by atoms with van der Waals surface area (Å²) in [5.41, 5.74) is -0.427. The molecular weight excluding hydrogens is 318 g/mol. The number of aromatic hydroxyl groups is 2. The third-order valence-corrected chi connectivity index (χ3v) is 3.19. The van der Waals surface area contributed by atoms with Gasteiger partial charge in [-0.05, 0) is 35.4 Å². The van der Waals surface area contributed by atoms with Crippen LogP contribution in [0.3, 0.4) is 0 Å². The summed E-state index contributed by atoms with van der Waals surface area (Å²) in [4.78, 5) is 21.7. The summed E-state index contributed by atoms with van der Waals surface area (Å²) in [6.45, 7) is 0. The molecule has 8 nitrogen and oxygen atoms in total. The van der Waals surface area contributed by atoms with Crippen LogP contribution in [-0.4, -0.2) is 33.3 Å². The number of hydrogen-bond acceptors (Lipinski definition) is 6. The summed E-state index contributed by atoms with van der Waals surface area (Å²) in [5, 5.41) is 39.6. The number of methoxy groups -OCH3 is 1. The van der Waals surface area contributed by atoms with E-state index in [2.05, 4.69) is 0 Å². The number of ether oxygens (including phenoxy) is 1. The van der Waals surface area contributed by atoms with E-state index >= 15 is 0 Å². The monoisotopic (exact) mass is 331 g/mol. The van der Waals surface area contributed by atoms with Crippen molar-refractivity contribution < 1.29 is 29.8 Å². The fourth-order valence-electron chi connectivity index (χ4n) is 2.10. The highest BCUT2D eigenvalue weighted by atomic mass is 16.6. The molecule has 124 valence electrons. The first-order valence-corrected chi connectivity index (χ1v) is 6.63. The normalized spacial score (nSPS) is 11.1. The molecule has 0 atom stereocenters. The highest BCUT2D eigenvalue weighted by Gasteiger charge is 2.20. The van der Waals surface area contributed by atoms with Gasteiger partial charge in [0, 0.05) is 6.07 Å². The third kappa shape index (κ3) is 3.43. The first kappa shape index (κ1) is 16.8. The molecule has 0 amide bonds. The number of benzene rings is 2. The minimum Gasteiger partial charge on any atom is -0.508 e. The van der Waals surface area contributed by atoms with Gasteiger partial charge in [-0.3, -0.25) is 10.1 Å². The molecule has 0 aliphatic rings. The number of carboxylic acids is 1. The number of phenols is 2. The maximum atomic E-state index is 11.5. The zero-order chi connectivity index (χ0) is 17.9. The van der Waals surface area contributed by atoms with Crippen LogP contribution in [0.25, 0.3) is 11.6 Å². The Morgan fingerprint density at radius 3 is 2.50 bits per heavy atom. The quantitative estimate of drug-likeness (QED) is 0.332. The lowest BCUT2D eigenvalue weighted by Gasteiger charge is -2.07. The van der Waals surface area contributed by atoms with E-state index in [-0.39, 0.29) is 28.2 Å². The molecule has 24 heavy (non-hydrogen) atoms. The zero-order valence-corrected chi connectivity index (χ0v) is 12.5. The van der Waals surface area contributed by atoms with E-state index in [0.29, 0.717) is 0 Å². The van der Waals surface area contributed by atoms with Gasteiger partial charge >= 0.3 is 11.7 Å². The smallest absolute Gasteiger partial charge is 0.336 e. The number of nitro groups is 1. The molecule has 0 fully saturated rings. The van der Waals surface area contributed by atoms with Crippen LogP contribution in [0.2, 0.25) is 0 Å². The Hall–Kier alpha value is -3.55. The molecule has 8 heteroatoms. The number of phenolic OH excluding ortho intramolecular Hbond substituents is 2. The van der Waals surface area contributed by atoms with Gasteiger partial charge < -0.3 is 20.1 Å². The zero-order valence-electron chi connectivity index (χ0n) is 12.5. The molecule has 3 N–H and O–H groups in total. The molecule has 0 saturated heterocycles. The standard InChI is InChI=1S/C16H13NO7/c1-24-14-7-9(6-13(15(14)19)17(22)23)5-12(16(20)21)10-3-2-4-11(18)8-10/h2-8,18-19H,1H3,(H,20,21)/b12-5-. The van der Waals surface area contributed by atoms with Crippen LogP contribution in [-0.2, 0) is 4.79 Å². The third-order valence-electron chi connectivity index (χ3n) is 3.19. The minimum atomic E-state index is -1.28. The van der Waals surface area contributed by atoms with Crippen LogP contribution in [0, 0.1) is 10.1 Å². The number of hydrogen-bond donors (Lipinski definition) is 3. The van der Waals surface area contributed by atoms with Crippen molar-refractivity contribution in [3.05, 3.63) is 57.6 Å². The molecule has 0 spiro atoms. The number of nitro benzene ring substituents is 1. The van der Waals surface area contributed by atoms with Crippen LogP contribution < -0.4 is 4.74 Å². The average Bonchev–Trinajstić information content (AvgIpc) is 2.53. The predicted octanol–water partition coefficient (Wildman–Crippen LogP) is 2.64. The van der Waals surface area contributed by atoms with E-state index in [1.807, 2.05) is 0 Å². The van der Waals surface area contributed by atoms with Crippen molar-refractivity contribution in [3.8, 4) is 17.2 Å². The summed E-state index contributed by atoms with van der Waals surface area (Å²) < 4.78 is 4.87. The topological polar surface area (TPSA) is 130 Å². The van der Waals surface area contributed by atoms with E-state index in [1.165, 1.54) is 43.5 Å². The summed E-state index contributed by atoms with van der Waals surface area (Å²) in [6, 6.07) is 7.90. The molecule has 0 aliphatic carbocycles. The van der Waals surface area contributed by atoms with Gasteiger partial charge in [0.15, 0.2) is 5.75 Å². The molecule has 0 unspecified atom stereocenters. The fourth-order valence-corrected chi connectivity index (χ4v) is 2.10. The molecule has 2 rings (SSSR count). The average molecular weight is 331 g/mol. The van der Waals surface area contributed by atoms with Crippen molar-refractivity contribution in [2.75, 3.05) is 7.11 Å². The van der Waals surface area contributed by atoms with Gasteiger partial charge in [-0.1, -0.05) is 12.1 Å². The number of nitrogens with zero attached hydrogens (tertiary/aromatic N) is 1. The van der Waals surface area contributed by atoms with Crippen LogP contribution in [0.15, 0.2) is 36.4 Å². The first-order chi connectivity index (χ1) is 11.3. The molecule has 2 aromatic carbocycles. The van der Waals surface area contributed by atoms with Gasteiger partial charge in [0.05, 0.1) is 17.6 Å². The number of carboxylic acid groups (broad SMARTS) is 1. The fraction of sp³-hybridized carbons (Fsp3) is 0.0625. The Balaban J connectivity index is 2.64. The second-order valence-corrected chi connectivity index (χ2v) is 4.76. The second kappa shape index (κ2) is 6.69. The summed E-state index contributed by atoms with van der Waals surface area (Å²) >= 11 is 0. The Morgan fingerprint density at radius 1 is 1.25 bits per heavy atom. The Labute approximate surface area is 136 Å². The molecule has 0 saturated carbocycles. The van der Waals surface area contributed by atoms with Crippen molar-refractivity contribution in [2.24, 2.45) is 0 Å². The molecule has 0 bridgehead atoms. The van der Waals surface area contributed by atoms with Crippen LogP contribution >= 0.6 is 0 Å². The highest BCUT2D eigenvalue weighted by Crippen LogP contribution is 2.38. The van der Waals surface area contributed by atoms with Crippen LogP contribution in [0.5, 0.6) is 17.2 Å². The van der Waals surface area contributed by atoms with Crippen molar-refractivity contribution in [1.82, 2.24) is 0 Å². The summed E-state index contributed by atoms with van der Waals surface area (Å²) in [6.07, 6.45) is 1.19. The second-order valence-electron chi connectivity index (χ2n) is 4.76. The van der Waals surface area contributed by atoms with Crippen molar-refractivity contribution in [3.63, 3.8) is 0 Å². The van der Waals surface area contributed by atoms with E-state index < -0.39 is 22.3 Å². The Morgan fingerprint density at radius 2 is 1.96 bits per heavy atom.